The summed E-state index contributed by atoms with van der Waals surface area (Å²) in [6.45, 7) is 0. The van der Waals surface area contributed by atoms with Gasteiger partial charge in [-0.3, -0.25) is 4.79 Å². The van der Waals surface area contributed by atoms with E-state index in [0.717, 1.165) is 29.5 Å². The number of rotatable bonds is 2. The molecule has 3 atom stereocenters. The summed E-state index contributed by atoms with van der Waals surface area (Å²) in [5, 5.41) is 11.7. The van der Waals surface area contributed by atoms with Gasteiger partial charge in [-0.15, -0.1) is 0 Å². The SMILES string of the molecule is COC(=O)[C@]1(c2ccccc2)c2ccccc2[C@H]2CCC[C@]21O. The highest BCUT2D eigenvalue weighted by atomic mass is 16.5. The summed E-state index contributed by atoms with van der Waals surface area (Å²) in [5.74, 6) is -0.388. The van der Waals surface area contributed by atoms with Gasteiger partial charge in [0.2, 0.25) is 0 Å². The summed E-state index contributed by atoms with van der Waals surface area (Å²) in [6.07, 6.45) is 2.43. The van der Waals surface area contributed by atoms with Crippen LogP contribution in [0.25, 0.3) is 0 Å². The van der Waals surface area contributed by atoms with Crippen LogP contribution in [-0.2, 0) is 14.9 Å². The molecule has 118 valence electrons. The molecule has 4 rings (SSSR count). The van der Waals surface area contributed by atoms with E-state index in [0.29, 0.717) is 6.42 Å². The van der Waals surface area contributed by atoms with E-state index in [1.807, 2.05) is 54.6 Å². The van der Waals surface area contributed by atoms with Gasteiger partial charge in [-0.1, -0.05) is 54.6 Å². The molecule has 0 bridgehead atoms. The Morgan fingerprint density at radius 3 is 2.57 bits per heavy atom. The molecule has 3 nitrogen and oxygen atoms in total. The van der Waals surface area contributed by atoms with Crippen molar-refractivity contribution in [1.29, 1.82) is 0 Å². The fraction of sp³-hybridized carbons (Fsp3) is 0.350. The molecule has 2 aliphatic rings. The molecule has 2 aliphatic carbocycles. The lowest BCUT2D eigenvalue weighted by Crippen LogP contribution is -2.55. The van der Waals surface area contributed by atoms with Gasteiger partial charge in [-0.05, 0) is 36.0 Å². The van der Waals surface area contributed by atoms with Gasteiger partial charge in [0.05, 0.1) is 12.7 Å². The zero-order valence-electron chi connectivity index (χ0n) is 13.2. The highest BCUT2D eigenvalue weighted by Gasteiger charge is 2.68. The van der Waals surface area contributed by atoms with Crippen LogP contribution in [0.3, 0.4) is 0 Å². The van der Waals surface area contributed by atoms with Gasteiger partial charge in [0.1, 0.15) is 5.41 Å². The number of fused-ring (bicyclic) bond motifs is 3. The van der Waals surface area contributed by atoms with Crippen molar-refractivity contribution in [2.24, 2.45) is 0 Å². The van der Waals surface area contributed by atoms with Crippen molar-refractivity contribution in [3.8, 4) is 0 Å². The molecule has 3 heteroatoms. The largest absolute Gasteiger partial charge is 0.468 e. The second-order valence-electron chi connectivity index (χ2n) is 6.56. The quantitative estimate of drug-likeness (QED) is 0.867. The van der Waals surface area contributed by atoms with Crippen molar-refractivity contribution in [2.45, 2.75) is 36.2 Å². The molecule has 0 aliphatic heterocycles. The van der Waals surface area contributed by atoms with E-state index in [4.69, 9.17) is 4.74 Å². The van der Waals surface area contributed by atoms with Crippen molar-refractivity contribution in [1.82, 2.24) is 0 Å². The zero-order chi connectivity index (χ0) is 16.1. The van der Waals surface area contributed by atoms with Gasteiger partial charge in [-0.25, -0.2) is 0 Å². The molecule has 1 N–H and O–H groups in total. The Morgan fingerprint density at radius 1 is 1.13 bits per heavy atom. The first-order valence-electron chi connectivity index (χ1n) is 8.12. The van der Waals surface area contributed by atoms with Gasteiger partial charge in [0.15, 0.2) is 0 Å². The minimum atomic E-state index is -1.14. The fourth-order valence-electron chi connectivity index (χ4n) is 4.88. The highest BCUT2D eigenvalue weighted by molar-refractivity contribution is 5.92. The summed E-state index contributed by atoms with van der Waals surface area (Å²) >= 11 is 0. The zero-order valence-corrected chi connectivity index (χ0v) is 13.2. The van der Waals surface area contributed by atoms with Crippen LogP contribution in [0.2, 0.25) is 0 Å². The van der Waals surface area contributed by atoms with Crippen LogP contribution in [0.1, 0.15) is 41.9 Å². The van der Waals surface area contributed by atoms with Crippen LogP contribution < -0.4 is 0 Å². The lowest BCUT2D eigenvalue weighted by molar-refractivity contribution is -0.156. The van der Waals surface area contributed by atoms with Crippen LogP contribution in [0.5, 0.6) is 0 Å². The Morgan fingerprint density at radius 2 is 1.83 bits per heavy atom. The van der Waals surface area contributed by atoms with Gasteiger partial charge in [0.25, 0.3) is 0 Å². The molecular formula is C20H20O3. The van der Waals surface area contributed by atoms with Crippen molar-refractivity contribution in [3.05, 3.63) is 71.3 Å². The monoisotopic (exact) mass is 308 g/mol. The van der Waals surface area contributed by atoms with Gasteiger partial charge in [-0.2, -0.15) is 0 Å². The molecule has 2 aromatic carbocycles. The topological polar surface area (TPSA) is 46.5 Å². The molecule has 0 saturated heterocycles. The minimum absolute atomic E-state index is 0.0157. The number of ether oxygens (including phenoxy) is 1. The second-order valence-corrected chi connectivity index (χ2v) is 6.56. The van der Waals surface area contributed by atoms with Gasteiger partial charge in [0, 0.05) is 5.92 Å². The first-order valence-corrected chi connectivity index (χ1v) is 8.12. The van der Waals surface area contributed by atoms with E-state index in [1.165, 1.54) is 7.11 Å². The van der Waals surface area contributed by atoms with Crippen LogP contribution >= 0.6 is 0 Å². The molecule has 1 fully saturated rings. The third-order valence-corrected chi connectivity index (χ3v) is 5.72. The number of carbonyl (C=O) groups excluding carboxylic acids is 1. The fourth-order valence-corrected chi connectivity index (χ4v) is 4.88. The number of carbonyl (C=O) groups is 1. The molecule has 0 aromatic heterocycles. The summed E-state index contributed by atoms with van der Waals surface area (Å²) in [5.41, 5.74) is 0.532. The molecule has 23 heavy (non-hydrogen) atoms. The smallest absolute Gasteiger partial charge is 0.323 e. The molecule has 1 saturated carbocycles. The number of hydrogen-bond donors (Lipinski definition) is 1. The van der Waals surface area contributed by atoms with E-state index in [2.05, 4.69) is 0 Å². The summed E-state index contributed by atoms with van der Waals surface area (Å²) < 4.78 is 5.22. The first-order chi connectivity index (χ1) is 11.2. The molecule has 0 heterocycles. The molecular weight excluding hydrogens is 288 g/mol. The Kier molecular flexibility index (Phi) is 3.10. The lowest BCUT2D eigenvalue weighted by atomic mass is 9.65. The van der Waals surface area contributed by atoms with Gasteiger partial charge >= 0.3 is 5.97 Å². The van der Waals surface area contributed by atoms with E-state index in [9.17, 15) is 9.90 Å². The molecule has 0 amide bonds. The normalized spacial score (nSPS) is 31.5. The molecule has 0 unspecified atom stereocenters. The summed E-state index contributed by atoms with van der Waals surface area (Å²) in [6, 6.07) is 17.5. The van der Waals surface area contributed by atoms with Crippen LogP contribution in [0.4, 0.5) is 0 Å². The predicted molar refractivity (Wildman–Crippen MR) is 87.2 cm³/mol. The van der Waals surface area contributed by atoms with E-state index >= 15 is 0 Å². The summed E-state index contributed by atoms with van der Waals surface area (Å²) in [7, 11) is 1.40. The van der Waals surface area contributed by atoms with Crippen molar-refractivity contribution < 1.29 is 14.6 Å². The lowest BCUT2D eigenvalue weighted by Gasteiger charge is -2.41. The minimum Gasteiger partial charge on any atom is -0.468 e. The van der Waals surface area contributed by atoms with E-state index in [1.54, 1.807) is 0 Å². The summed E-state index contributed by atoms with van der Waals surface area (Å²) in [4.78, 5) is 13.1. The standard InChI is InChI=1S/C20H20O3/c1-23-18(21)20(14-8-3-2-4-9-14)17-11-6-5-10-15(17)16-12-7-13-19(16,20)22/h2-6,8-11,16,22H,7,12-13H2,1H3/t16-,19+,20+/m1/s1. The maximum absolute atomic E-state index is 13.1. The number of hydrogen-bond acceptors (Lipinski definition) is 3. The average molecular weight is 308 g/mol. The maximum Gasteiger partial charge on any atom is 0.323 e. The Labute approximate surface area is 135 Å². The second kappa shape index (κ2) is 4.93. The third-order valence-electron chi connectivity index (χ3n) is 5.72. The Hall–Kier alpha value is -2.13. The highest BCUT2D eigenvalue weighted by Crippen LogP contribution is 2.63. The van der Waals surface area contributed by atoms with Crippen molar-refractivity contribution in [3.63, 3.8) is 0 Å². The van der Waals surface area contributed by atoms with E-state index < -0.39 is 11.0 Å². The van der Waals surface area contributed by atoms with Crippen molar-refractivity contribution in [2.75, 3.05) is 7.11 Å². The van der Waals surface area contributed by atoms with Crippen LogP contribution in [0, 0.1) is 0 Å². The van der Waals surface area contributed by atoms with Crippen LogP contribution in [0.15, 0.2) is 54.6 Å². The average Bonchev–Trinajstić information content (AvgIpc) is 3.07. The maximum atomic E-state index is 13.1. The number of aliphatic hydroxyl groups is 1. The molecule has 2 aromatic rings. The first kappa shape index (κ1) is 14.5. The number of esters is 1. The van der Waals surface area contributed by atoms with Crippen LogP contribution in [-0.4, -0.2) is 23.8 Å². The van der Waals surface area contributed by atoms with E-state index in [-0.39, 0.29) is 11.9 Å². The molecule has 0 radical (unpaired) electrons. The molecule has 0 spiro atoms. The van der Waals surface area contributed by atoms with Gasteiger partial charge < -0.3 is 9.84 Å². The number of benzene rings is 2. The predicted octanol–water partition coefficient (Wildman–Crippen LogP) is 3.16. The Bertz CT molecular complexity index is 754. The Balaban J connectivity index is 2.10. The van der Waals surface area contributed by atoms with Crippen molar-refractivity contribution >= 4 is 5.97 Å². The number of methoxy groups -OCH3 is 1. The third kappa shape index (κ3) is 1.61.